The van der Waals surface area contributed by atoms with Crippen LogP contribution < -0.4 is 10.1 Å². The number of amides is 1. The second kappa shape index (κ2) is 6.29. The summed E-state index contributed by atoms with van der Waals surface area (Å²) in [6.45, 7) is -2.88. The SMILES string of the molecule is O=C(Nc1ccc(OC(F)F)cc1)c1cccnc1Cl. The smallest absolute Gasteiger partial charge is 0.387 e. The Kier molecular flexibility index (Phi) is 4.47. The van der Waals surface area contributed by atoms with Gasteiger partial charge in [-0.25, -0.2) is 4.98 Å². The predicted molar refractivity (Wildman–Crippen MR) is 70.3 cm³/mol. The van der Waals surface area contributed by atoms with E-state index in [2.05, 4.69) is 15.0 Å². The zero-order valence-corrected chi connectivity index (χ0v) is 10.8. The lowest BCUT2D eigenvalue weighted by Gasteiger charge is -2.08. The molecule has 2 aromatic rings. The van der Waals surface area contributed by atoms with Gasteiger partial charge in [-0.05, 0) is 36.4 Å². The van der Waals surface area contributed by atoms with Crippen LogP contribution in [0.2, 0.25) is 5.15 Å². The molecule has 1 heterocycles. The highest BCUT2D eigenvalue weighted by Gasteiger charge is 2.11. The van der Waals surface area contributed by atoms with Crippen molar-refractivity contribution in [3.8, 4) is 5.75 Å². The minimum Gasteiger partial charge on any atom is -0.435 e. The van der Waals surface area contributed by atoms with Crippen LogP contribution in [0, 0.1) is 0 Å². The van der Waals surface area contributed by atoms with Crippen molar-refractivity contribution in [3.63, 3.8) is 0 Å². The summed E-state index contributed by atoms with van der Waals surface area (Å²) in [7, 11) is 0. The maximum atomic E-state index is 12.0. The van der Waals surface area contributed by atoms with Gasteiger partial charge in [0.1, 0.15) is 10.9 Å². The van der Waals surface area contributed by atoms with Gasteiger partial charge in [0.05, 0.1) is 5.56 Å². The van der Waals surface area contributed by atoms with Gasteiger partial charge < -0.3 is 10.1 Å². The lowest BCUT2D eigenvalue weighted by atomic mass is 10.2. The molecule has 0 atom stereocenters. The third-order valence-electron chi connectivity index (χ3n) is 2.34. The summed E-state index contributed by atoms with van der Waals surface area (Å²) in [6.07, 6.45) is 1.47. The number of carbonyl (C=O) groups is 1. The van der Waals surface area contributed by atoms with Crippen LogP contribution in [0.15, 0.2) is 42.6 Å². The topological polar surface area (TPSA) is 51.2 Å². The molecule has 0 aliphatic heterocycles. The molecule has 1 aromatic heterocycles. The number of pyridine rings is 1. The number of alkyl halides is 2. The van der Waals surface area contributed by atoms with Crippen molar-refractivity contribution in [1.29, 1.82) is 0 Å². The molecular formula is C13H9ClF2N2O2. The molecule has 0 fully saturated rings. The van der Waals surface area contributed by atoms with Crippen LogP contribution in [0.1, 0.15) is 10.4 Å². The molecule has 20 heavy (non-hydrogen) atoms. The van der Waals surface area contributed by atoms with E-state index in [1.54, 1.807) is 6.07 Å². The fourth-order valence-electron chi connectivity index (χ4n) is 1.47. The molecule has 4 nitrogen and oxygen atoms in total. The van der Waals surface area contributed by atoms with Gasteiger partial charge >= 0.3 is 6.61 Å². The van der Waals surface area contributed by atoms with E-state index in [0.29, 0.717) is 5.69 Å². The van der Waals surface area contributed by atoms with Crippen LogP contribution in [0.3, 0.4) is 0 Å². The first-order valence-electron chi connectivity index (χ1n) is 5.53. The monoisotopic (exact) mass is 298 g/mol. The number of ether oxygens (including phenoxy) is 1. The number of benzene rings is 1. The summed E-state index contributed by atoms with van der Waals surface area (Å²) in [5.41, 5.74) is 0.651. The number of halogens is 3. The molecule has 0 radical (unpaired) electrons. The number of nitrogens with zero attached hydrogens (tertiary/aromatic N) is 1. The van der Waals surface area contributed by atoms with E-state index in [1.165, 1.54) is 36.5 Å². The Balaban J connectivity index is 2.07. The Morgan fingerprint density at radius 2 is 1.95 bits per heavy atom. The molecule has 0 unspecified atom stereocenters. The quantitative estimate of drug-likeness (QED) is 0.878. The predicted octanol–water partition coefficient (Wildman–Crippen LogP) is 3.59. The molecule has 2 rings (SSSR count). The first-order chi connectivity index (χ1) is 9.56. The minimum atomic E-state index is -2.88. The number of hydrogen-bond donors (Lipinski definition) is 1. The first kappa shape index (κ1) is 14.2. The van der Waals surface area contributed by atoms with Crippen LogP contribution in [0.4, 0.5) is 14.5 Å². The van der Waals surface area contributed by atoms with Gasteiger partial charge in [-0.15, -0.1) is 0 Å². The van der Waals surface area contributed by atoms with Gasteiger partial charge in [0, 0.05) is 11.9 Å². The molecule has 0 bridgehead atoms. The highest BCUT2D eigenvalue weighted by atomic mass is 35.5. The van der Waals surface area contributed by atoms with Crippen molar-refractivity contribution in [2.75, 3.05) is 5.32 Å². The van der Waals surface area contributed by atoms with Crippen LogP contribution in [0.25, 0.3) is 0 Å². The average Bonchev–Trinajstić information content (AvgIpc) is 2.41. The van der Waals surface area contributed by atoms with Crippen molar-refractivity contribution in [3.05, 3.63) is 53.3 Å². The molecule has 1 N–H and O–H groups in total. The van der Waals surface area contributed by atoms with Crippen LogP contribution in [-0.2, 0) is 0 Å². The molecule has 1 aromatic carbocycles. The van der Waals surface area contributed by atoms with E-state index in [0.717, 1.165) is 0 Å². The molecule has 7 heteroatoms. The minimum absolute atomic E-state index is 0.0115. The highest BCUT2D eigenvalue weighted by Crippen LogP contribution is 2.19. The van der Waals surface area contributed by atoms with Gasteiger partial charge in [-0.3, -0.25) is 4.79 Å². The largest absolute Gasteiger partial charge is 0.435 e. The summed E-state index contributed by atoms with van der Waals surface area (Å²) in [6, 6.07) is 8.65. The maximum Gasteiger partial charge on any atom is 0.387 e. The Morgan fingerprint density at radius 3 is 2.55 bits per heavy atom. The van der Waals surface area contributed by atoms with Crippen molar-refractivity contribution in [2.45, 2.75) is 6.61 Å². The summed E-state index contributed by atoms with van der Waals surface area (Å²) in [5, 5.41) is 2.66. The Morgan fingerprint density at radius 1 is 1.25 bits per heavy atom. The fraction of sp³-hybridized carbons (Fsp3) is 0.0769. The lowest BCUT2D eigenvalue weighted by Crippen LogP contribution is -2.12. The lowest BCUT2D eigenvalue weighted by molar-refractivity contribution is -0.0498. The highest BCUT2D eigenvalue weighted by molar-refractivity contribution is 6.33. The summed E-state index contributed by atoms with van der Waals surface area (Å²) in [4.78, 5) is 15.7. The van der Waals surface area contributed by atoms with Crippen LogP contribution >= 0.6 is 11.6 Å². The third-order valence-corrected chi connectivity index (χ3v) is 2.64. The van der Waals surface area contributed by atoms with Gasteiger partial charge in [-0.2, -0.15) is 8.78 Å². The van der Waals surface area contributed by atoms with E-state index in [-0.39, 0.29) is 16.5 Å². The van der Waals surface area contributed by atoms with Crippen LogP contribution in [0.5, 0.6) is 5.75 Å². The van der Waals surface area contributed by atoms with Gasteiger partial charge in [-0.1, -0.05) is 11.6 Å². The van der Waals surface area contributed by atoms with E-state index < -0.39 is 12.5 Å². The third kappa shape index (κ3) is 3.64. The van der Waals surface area contributed by atoms with E-state index in [1.807, 2.05) is 0 Å². The second-order valence-corrected chi connectivity index (χ2v) is 4.06. The number of carbonyl (C=O) groups excluding carboxylic acids is 1. The summed E-state index contributed by atoms with van der Waals surface area (Å²) < 4.78 is 28.2. The summed E-state index contributed by atoms with van der Waals surface area (Å²) >= 11 is 5.79. The van der Waals surface area contributed by atoms with Gasteiger partial charge in [0.15, 0.2) is 0 Å². The molecule has 0 spiro atoms. The number of rotatable bonds is 4. The Labute approximate surface area is 118 Å². The van der Waals surface area contributed by atoms with Crippen LogP contribution in [-0.4, -0.2) is 17.5 Å². The van der Waals surface area contributed by atoms with E-state index in [4.69, 9.17) is 11.6 Å². The normalized spacial score (nSPS) is 10.4. The number of anilines is 1. The van der Waals surface area contributed by atoms with Crippen molar-refractivity contribution in [2.24, 2.45) is 0 Å². The standard InChI is InChI=1S/C13H9ClF2N2O2/c14-11-10(2-1-7-17-11)12(19)18-8-3-5-9(6-4-8)20-13(15)16/h1-7,13H,(H,18,19). The average molecular weight is 299 g/mol. The second-order valence-electron chi connectivity index (χ2n) is 3.70. The fourth-order valence-corrected chi connectivity index (χ4v) is 1.68. The Hall–Kier alpha value is -2.21. The zero-order chi connectivity index (χ0) is 14.5. The molecule has 0 aliphatic rings. The number of hydrogen-bond acceptors (Lipinski definition) is 3. The van der Waals surface area contributed by atoms with E-state index in [9.17, 15) is 13.6 Å². The number of aromatic nitrogens is 1. The molecule has 1 amide bonds. The van der Waals surface area contributed by atoms with Gasteiger partial charge in [0.25, 0.3) is 5.91 Å². The van der Waals surface area contributed by atoms with Crippen molar-refractivity contribution >= 4 is 23.2 Å². The van der Waals surface area contributed by atoms with Crippen molar-refractivity contribution < 1.29 is 18.3 Å². The summed E-state index contributed by atoms with van der Waals surface area (Å²) in [5.74, 6) is -0.428. The van der Waals surface area contributed by atoms with E-state index >= 15 is 0 Å². The number of nitrogens with one attached hydrogen (secondary N) is 1. The molecule has 0 aliphatic carbocycles. The first-order valence-corrected chi connectivity index (χ1v) is 5.91. The molecule has 0 saturated carbocycles. The van der Waals surface area contributed by atoms with Crippen molar-refractivity contribution in [1.82, 2.24) is 4.98 Å². The molecular weight excluding hydrogens is 290 g/mol. The maximum absolute atomic E-state index is 12.0. The molecule has 104 valence electrons. The zero-order valence-electron chi connectivity index (χ0n) is 10.0. The Bertz CT molecular complexity index is 606. The molecule has 0 saturated heterocycles. The van der Waals surface area contributed by atoms with Gasteiger partial charge in [0.2, 0.25) is 0 Å².